The Balaban J connectivity index is 1.34. The number of amides is 2. The largest absolute Gasteiger partial charge is 0.392 e. The van der Waals surface area contributed by atoms with Crippen LogP contribution in [0.25, 0.3) is 0 Å². The van der Waals surface area contributed by atoms with E-state index in [1.54, 1.807) is 5.48 Å². The lowest BCUT2D eigenvalue weighted by molar-refractivity contribution is -0.252. The molecule has 9 nitrogen and oxygen atoms in total. The van der Waals surface area contributed by atoms with Gasteiger partial charge in [-0.1, -0.05) is 85.3 Å². The second-order valence-corrected chi connectivity index (χ2v) is 11.1. The van der Waals surface area contributed by atoms with Crippen molar-refractivity contribution in [3.8, 4) is 0 Å². The molecule has 3 unspecified atom stereocenters. The third-order valence-corrected chi connectivity index (χ3v) is 7.60. The number of hydroxylamine groups is 1. The van der Waals surface area contributed by atoms with Gasteiger partial charge < -0.3 is 19.9 Å². The van der Waals surface area contributed by atoms with Crippen LogP contribution in [0.2, 0.25) is 0 Å². The highest BCUT2D eigenvalue weighted by atomic mass is 16.7. The number of nitrogens with one attached hydrogen (secondary N) is 2. The van der Waals surface area contributed by atoms with Crippen LogP contribution in [0.5, 0.6) is 0 Å². The molecule has 0 aromatic heterocycles. The first-order chi connectivity index (χ1) is 20.9. The van der Waals surface area contributed by atoms with E-state index >= 15 is 0 Å². The van der Waals surface area contributed by atoms with Crippen molar-refractivity contribution >= 4 is 11.8 Å². The molecule has 0 bridgehead atoms. The fourth-order valence-corrected chi connectivity index (χ4v) is 5.23. The van der Waals surface area contributed by atoms with Crippen LogP contribution in [0.4, 0.5) is 0 Å². The van der Waals surface area contributed by atoms with E-state index in [9.17, 15) is 14.7 Å². The highest BCUT2D eigenvalue weighted by molar-refractivity contribution is 5.76. The van der Waals surface area contributed by atoms with Gasteiger partial charge in [-0.25, -0.2) is 5.48 Å². The standard InChI is InChI=1S/C34H43N3O6/c1-37(22-26-8-4-2-5-9-26)23-30-20-31(28-16-14-27(24-38)15-17-28)43-34(42-30)29-18-12-25(13-19-29)21-35-32(39)10-6-3-7-11-33(40)36-41/h2,4-5,8-9,12-19,30-31,34,38,41H,3,6-7,10-11,20-24H2,1H3,(H,35,39)(H,36,40). The Morgan fingerprint density at radius 1 is 0.814 bits per heavy atom. The topological polar surface area (TPSA) is 120 Å². The van der Waals surface area contributed by atoms with Crippen molar-refractivity contribution in [2.75, 3.05) is 13.6 Å². The predicted octanol–water partition coefficient (Wildman–Crippen LogP) is 4.93. The number of benzene rings is 3. The van der Waals surface area contributed by atoms with Gasteiger partial charge in [0.2, 0.25) is 11.8 Å². The highest BCUT2D eigenvalue weighted by Crippen LogP contribution is 2.38. The van der Waals surface area contributed by atoms with Crippen LogP contribution in [0.3, 0.4) is 0 Å². The Morgan fingerprint density at radius 3 is 2.14 bits per heavy atom. The van der Waals surface area contributed by atoms with E-state index in [-0.39, 0.29) is 31.1 Å². The van der Waals surface area contributed by atoms with Crippen LogP contribution >= 0.6 is 0 Å². The number of unbranched alkanes of at least 4 members (excludes halogenated alkanes) is 2. The first-order valence-corrected chi connectivity index (χ1v) is 14.9. The molecule has 9 heteroatoms. The van der Waals surface area contributed by atoms with Gasteiger partial charge in [-0.05, 0) is 42.1 Å². The molecule has 3 aromatic carbocycles. The molecule has 1 aliphatic rings. The molecule has 2 amide bonds. The minimum Gasteiger partial charge on any atom is -0.392 e. The van der Waals surface area contributed by atoms with Gasteiger partial charge in [0.25, 0.3) is 0 Å². The van der Waals surface area contributed by atoms with Crippen LogP contribution in [0.1, 0.15) is 78.7 Å². The molecule has 4 rings (SSSR count). The normalized spacial score (nSPS) is 18.4. The Morgan fingerprint density at radius 2 is 1.47 bits per heavy atom. The molecule has 230 valence electrons. The monoisotopic (exact) mass is 589 g/mol. The first kappa shape index (κ1) is 32.3. The number of rotatable bonds is 15. The molecule has 0 saturated carbocycles. The summed E-state index contributed by atoms with van der Waals surface area (Å²) in [5, 5.41) is 20.9. The van der Waals surface area contributed by atoms with E-state index in [4.69, 9.17) is 14.7 Å². The lowest BCUT2D eigenvalue weighted by atomic mass is 9.99. The van der Waals surface area contributed by atoms with Crippen LogP contribution in [-0.4, -0.2) is 46.7 Å². The summed E-state index contributed by atoms with van der Waals surface area (Å²) in [4.78, 5) is 25.6. The maximum absolute atomic E-state index is 12.2. The van der Waals surface area contributed by atoms with Gasteiger partial charge in [0.05, 0.1) is 18.8 Å². The van der Waals surface area contributed by atoms with Crippen molar-refractivity contribution in [1.29, 1.82) is 0 Å². The predicted molar refractivity (Wildman–Crippen MR) is 163 cm³/mol. The summed E-state index contributed by atoms with van der Waals surface area (Å²) in [6.07, 6.45) is 2.67. The maximum Gasteiger partial charge on any atom is 0.243 e. The molecule has 43 heavy (non-hydrogen) atoms. The quantitative estimate of drug-likeness (QED) is 0.113. The van der Waals surface area contributed by atoms with E-state index in [0.29, 0.717) is 32.2 Å². The Hall–Kier alpha value is -3.60. The van der Waals surface area contributed by atoms with Crippen molar-refractivity contribution < 1.29 is 29.4 Å². The number of ether oxygens (including phenoxy) is 2. The Bertz CT molecular complexity index is 1270. The molecular weight excluding hydrogens is 546 g/mol. The van der Waals surface area contributed by atoms with Crippen LogP contribution < -0.4 is 10.8 Å². The average Bonchev–Trinajstić information content (AvgIpc) is 3.04. The molecule has 0 spiro atoms. The number of hydrogen-bond donors (Lipinski definition) is 4. The van der Waals surface area contributed by atoms with Crippen molar-refractivity contribution in [3.05, 3.63) is 107 Å². The van der Waals surface area contributed by atoms with E-state index in [0.717, 1.165) is 41.8 Å². The van der Waals surface area contributed by atoms with Crippen LogP contribution in [0, 0.1) is 0 Å². The summed E-state index contributed by atoms with van der Waals surface area (Å²) < 4.78 is 13.0. The van der Waals surface area contributed by atoms with Gasteiger partial charge in [0.15, 0.2) is 6.29 Å². The Kier molecular flexibility index (Phi) is 12.7. The molecule has 1 fully saturated rings. The fourth-order valence-electron chi connectivity index (χ4n) is 5.23. The minimum atomic E-state index is -0.539. The highest BCUT2D eigenvalue weighted by Gasteiger charge is 2.32. The minimum absolute atomic E-state index is 0.00273. The molecular formula is C34H43N3O6. The molecule has 0 radical (unpaired) electrons. The van der Waals surface area contributed by atoms with Crippen LogP contribution in [-0.2, 0) is 38.8 Å². The zero-order chi connectivity index (χ0) is 30.4. The van der Waals surface area contributed by atoms with Gasteiger partial charge in [0.1, 0.15) is 0 Å². The van der Waals surface area contributed by atoms with Crippen molar-refractivity contribution in [1.82, 2.24) is 15.7 Å². The molecule has 1 aliphatic heterocycles. The summed E-state index contributed by atoms with van der Waals surface area (Å²) >= 11 is 0. The SMILES string of the molecule is CN(Cc1ccccc1)CC1CC(c2ccc(CO)cc2)OC(c2ccc(CNC(=O)CCCCCC(=O)NO)cc2)O1. The van der Waals surface area contributed by atoms with E-state index < -0.39 is 12.2 Å². The summed E-state index contributed by atoms with van der Waals surface area (Å²) in [7, 11) is 2.10. The molecule has 4 N–H and O–H groups in total. The third kappa shape index (κ3) is 10.6. The number of nitrogens with zero attached hydrogens (tertiary/aromatic N) is 1. The van der Waals surface area contributed by atoms with Crippen molar-refractivity contribution in [2.24, 2.45) is 0 Å². The number of likely N-dealkylation sites (N-methyl/N-ethyl adjacent to an activating group) is 1. The van der Waals surface area contributed by atoms with Gasteiger partial charge in [-0.2, -0.15) is 0 Å². The number of carbonyl (C=O) groups excluding carboxylic acids is 2. The van der Waals surface area contributed by atoms with E-state index in [1.807, 2.05) is 54.6 Å². The Labute approximate surface area is 253 Å². The van der Waals surface area contributed by atoms with Gasteiger partial charge >= 0.3 is 0 Å². The molecule has 3 atom stereocenters. The molecule has 1 saturated heterocycles. The maximum atomic E-state index is 12.2. The molecule has 1 heterocycles. The van der Waals surface area contributed by atoms with Crippen molar-refractivity contribution in [2.45, 2.75) is 76.7 Å². The number of hydrogen-bond acceptors (Lipinski definition) is 7. The zero-order valence-electron chi connectivity index (χ0n) is 24.8. The van der Waals surface area contributed by atoms with E-state index in [2.05, 4.69) is 41.5 Å². The smallest absolute Gasteiger partial charge is 0.243 e. The third-order valence-electron chi connectivity index (χ3n) is 7.60. The average molecular weight is 590 g/mol. The number of carbonyl (C=O) groups is 2. The van der Waals surface area contributed by atoms with Crippen molar-refractivity contribution in [3.63, 3.8) is 0 Å². The summed E-state index contributed by atoms with van der Waals surface area (Å²) in [6.45, 7) is 2.00. The lowest BCUT2D eigenvalue weighted by Gasteiger charge is -2.38. The summed E-state index contributed by atoms with van der Waals surface area (Å²) in [5.41, 5.74) is 6.67. The number of aliphatic hydroxyl groups excluding tert-OH is 1. The van der Waals surface area contributed by atoms with Gasteiger partial charge in [-0.3, -0.25) is 19.7 Å². The number of aliphatic hydroxyl groups is 1. The van der Waals surface area contributed by atoms with Gasteiger partial charge in [-0.15, -0.1) is 0 Å². The second kappa shape index (κ2) is 16.9. The summed E-state index contributed by atoms with van der Waals surface area (Å²) in [6, 6.07) is 26.2. The second-order valence-electron chi connectivity index (χ2n) is 11.1. The van der Waals surface area contributed by atoms with E-state index in [1.165, 1.54) is 5.56 Å². The fraction of sp³-hybridized carbons (Fsp3) is 0.412. The molecule has 0 aliphatic carbocycles. The van der Waals surface area contributed by atoms with Gasteiger partial charge in [0, 0.05) is 44.5 Å². The lowest BCUT2D eigenvalue weighted by Crippen LogP contribution is -2.37. The first-order valence-electron chi connectivity index (χ1n) is 14.9. The molecule has 3 aromatic rings. The van der Waals surface area contributed by atoms with Crippen LogP contribution in [0.15, 0.2) is 78.9 Å². The summed E-state index contributed by atoms with van der Waals surface area (Å²) in [5.74, 6) is -0.442. The zero-order valence-corrected chi connectivity index (χ0v) is 24.8.